The highest BCUT2D eigenvalue weighted by Gasteiger charge is 2.54. The highest BCUT2D eigenvalue weighted by molar-refractivity contribution is 5.34. The molecule has 0 aliphatic carbocycles. The Bertz CT molecular complexity index is 1150. The topological polar surface area (TPSA) is 121 Å². The van der Waals surface area contributed by atoms with E-state index in [0.717, 1.165) is 24.3 Å². The highest BCUT2D eigenvalue weighted by atomic mass is 19.1. The molecule has 2 aromatic rings. The molecule has 0 radical (unpaired) electrons. The van der Waals surface area contributed by atoms with Gasteiger partial charge in [-0.3, -0.25) is 0 Å². The standard InChI is InChI=1S/C30H42F4O6/c1-8-29(39,13-16-9-18(31)23(19(32)10-16)27(2,3)4)26(38)30(40,25(37)22(36)15-35)14-17-11-20(33)24(21(34)12-17)28(5,6)7/h9-12,22,25-26,35-40H,8,13-15H2,1-7H3/t22-,25+,26+,29?,30+/m0/s1. The minimum absolute atomic E-state index is 0.0717. The van der Waals surface area contributed by atoms with Gasteiger partial charge in [0.2, 0.25) is 0 Å². The lowest BCUT2D eigenvalue weighted by molar-refractivity contribution is -0.229. The first-order valence-corrected chi connectivity index (χ1v) is 13.2. The van der Waals surface area contributed by atoms with Crippen LogP contribution in [0.5, 0.6) is 0 Å². The summed E-state index contributed by atoms with van der Waals surface area (Å²) in [6.07, 6.45) is -8.43. The van der Waals surface area contributed by atoms with E-state index in [1.807, 2.05) is 0 Å². The molecule has 0 aliphatic heterocycles. The van der Waals surface area contributed by atoms with Crippen molar-refractivity contribution in [2.75, 3.05) is 6.61 Å². The van der Waals surface area contributed by atoms with E-state index < -0.39 is 83.1 Å². The minimum atomic E-state index is -2.88. The molecule has 1 unspecified atom stereocenters. The fraction of sp³-hybridized carbons (Fsp3) is 0.600. The maximum atomic E-state index is 14.9. The van der Waals surface area contributed by atoms with Gasteiger partial charge < -0.3 is 30.6 Å². The van der Waals surface area contributed by atoms with Crippen molar-refractivity contribution in [2.45, 2.75) is 108 Å². The van der Waals surface area contributed by atoms with Crippen molar-refractivity contribution in [3.05, 3.63) is 69.8 Å². The summed E-state index contributed by atoms with van der Waals surface area (Å²) in [7, 11) is 0. The number of rotatable bonds is 10. The van der Waals surface area contributed by atoms with Crippen LogP contribution >= 0.6 is 0 Å². The zero-order valence-corrected chi connectivity index (χ0v) is 24.1. The normalized spacial score (nSPS) is 18.1. The monoisotopic (exact) mass is 574 g/mol. The predicted octanol–water partition coefficient (Wildman–Crippen LogP) is 3.57. The Hall–Kier alpha value is -2.08. The average Bonchev–Trinajstić information content (AvgIpc) is 2.79. The Morgan fingerprint density at radius 3 is 1.32 bits per heavy atom. The molecule has 5 atom stereocenters. The summed E-state index contributed by atoms with van der Waals surface area (Å²) < 4.78 is 59.6. The van der Waals surface area contributed by atoms with Crippen LogP contribution in [0.1, 0.15) is 77.1 Å². The van der Waals surface area contributed by atoms with Gasteiger partial charge in [0.25, 0.3) is 0 Å². The van der Waals surface area contributed by atoms with Crippen molar-refractivity contribution in [1.82, 2.24) is 0 Å². The average molecular weight is 575 g/mol. The van der Waals surface area contributed by atoms with Crippen LogP contribution in [-0.4, -0.2) is 66.8 Å². The molecule has 2 aromatic carbocycles. The van der Waals surface area contributed by atoms with Crippen molar-refractivity contribution in [1.29, 1.82) is 0 Å². The lowest BCUT2D eigenvalue weighted by Crippen LogP contribution is -2.66. The quantitative estimate of drug-likeness (QED) is 0.242. The summed E-state index contributed by atoms with van der Waals surface area (Å²) in [6, 6.07) is 3.79. The number of hydrogen-bond acceptors (Lipinski definition) is 6. The van der Waals surface area contributed by atoms with Crippen LogP contribution in [0, 0.1) is 23.3 Å². The Morgan fingerprint density at radius 1 is 0.675 bits per heavy atom. The van der Waals surface area contributed by atoms with Crippen LogP contribution in [-0.2, 0) is 23.7 Å². The van der Waals surface area contributed by atoms with Gasteiger partial charge >= 0.3 is 0 Å². The van der Waals surface area contributed by atoms with Crippen LogP contribution < -0.4 is 0 Å². The summed E-state index contributed by atoms with van der Waals surface area (Å²) in [4.78, 5) is 0. The summed E-state index contributed by atoms with van der Waals surface area (Å²) in [5.74, 6) is -3.67. The molecule has 0 saturated carbocycles. The number of aliphatic hydroxyl groups is 6. The van der Waals surface area contributed by atoms with Gasteiger partial charge in [0, 0.05) is 24.0 Å². The van der Waals surface area contributed by atoms with Crippen molar-refractivity contribution >= 4 is 0 Å². The molecule has 6 N–H and O–H groups in total. The summed E-state index contributed by atoms with van der Waals surface area (Å²) in [5.41, 5.74) is -7.72. The van der Waals surface area contributed by atoms with Gasteiger partial charge in [0.05, 0.1) is 12.2 Å². The Kier molecular flexibility index (Phi) is 10.3. The molecule has 2 rings (SSSR count). The first-order valence-electron chi connectivity index (χ1n) is 13.2. The van der Waals surface area contributed by atoms with E-state index in [0.29, 0.717) is 0 Å². The molecule has 0 amide bonds. The van der Waals surface area contributed by atoms with Crippen LogP contribution in [0.3, 0.4) is 0 Å². The van der Waals surface area contributed by atoms with Gasteiger partial charge in [-0.25, -0.2) is 17.6 Å². The largest absolute Gasteiger partial charge is 0.394 e. The van der Waals surface area contributed by atoms with Crippen LogP contribution in [0.2, 0.25) is 0 Å². The number of halogens is 4. The van der Waals surface area contributed by atoms with E-state index >= 15 is 0 Å². The van der Waals surface area contributed by atoms with Crippen molar-refractivity contribution in [2.24, 2.45) is 0 Å². The number of hydrogen-bond donors (Lipinski definition) is 6. The van der Waals surface area contributed by atoms with Crippen LogP contribution in [0.4, 0.5) is 17.6 Å². The zero-order chi connectivity index (χ0) is 31.0. The molecule has 40 heavy (non-hydrogen) atoms. The third kappa shape index (κ3) is 7.03. The fourth-order valence-electron chi connectivity index (χ4n) is 5.25. The third-order valence-corrected chi connectivity index (χ3v) is 7.36. The fourth-order valence-corrected chi connectivity index (χ4v) is 5.25. The second-order valence-corrected chi connectivity index (χ2v) is 12.8. The van der Waals surface area contributed by atoms with Crippen molar-refractivity contribution in [3.8, 4) is 0 Å². The number of aliphatic hydroxyl groups excluding tert-OH is 4. The molecule has 0 aromatic heterocycles. The zero-order valence-electron chi connectivity index (χ0n) is 24.1. The van der Waals surface area contributed by atoms with E-state index in [4.69, 9.17) is 0 Å². The molecule has 6 nitrogen and oxygen atoms in total. The SMILES string of the molecule is CCC(O)(Cc1cc(F)c(C(C)(C)C)c(F)c1)[C@@H](O)[C@@](O)(Cc1cc(F)c(C(C)(C)C)c(F)c1)[C@H](O)[C@@H](O)CO. The van der Waals surface area contributed by atoms with E-state index in [1.165, 1.54) is 6.92 Å². The molecular formula is C30H42F4O6. The third-order valence-electron chi connectivity index (χ3n) is 7.36. The molecular weight excluding hydrogens is 532 g/mol. The molecule has 0 saturated heterocycles. The molecule has 0 aliphatic rings. The molecule has 0 spiro atoms. The van der Waals surface area contributed by atoms with E-state index in [2.05, 4.69) is 0 Å². The van der Waals surface area contributed by atoms with Crippen molar-refractivity contribution in [3.63, 3.8) is 0 Å². The highest BCUT2D eigenvalue weighted by Crippen LogP contribution is 2.37. The first-order chi connectivity index (χ1) is 18.1. The van der Waals surface area contributed by atoms with Gasteiger partial charge in [-0.2, -0.15) is 0 Å². The Balaban J connectivity index is 2.61. The van der Waals surface area contributed by atoms with E-state index in [-0.39, 0.29) is 28.7 Å². The van der Waals surface area contributed by atoms with Gasteiger partial charge in [-0.15, -0.1) is 0 Å². The molecule has 10 heteroatoms. The molecule has 0 fully saturated rings. The lowest BCUT2D eigenvalue weighted by Gasteiger charge is -2.46. The minimum Gasteiger partial charge on any atom is -0.394 e. The summed E-state index contributed by atoms with van der Waals surface area (Å²) in [6.45, 7) is 9.99. The maximum absolute atomic E-state index is 14.9. The van der Waals surface area contributed by atoms with Crippen LogP contribution in [0.15, 0.2) is 24.3 Å². The second kappa shape index (κ2) is 12.0. The van der Waals surface area contributed by atoms with Gasteiger partial charge in [0.15, 0.2) is 0 Å². The van der Waals surface area contributed by atoms with Gasteiger partial charge in [0.1, 0.15) is 47.2 Å². The van der Waals surface area contributed by atoms with Crippen LogP contribution in [0.25, 0.3) is 0 Å². The van der Waals surface area contributed by atoms with E-state index in [9.17, 15) is 48.2 Å². The Labute approximate surface area is 232 Å². The van der Waals surface area contributed by atoms with Crippen molar-refractivity contribution < 1.29 is 48.2 Å². The lowest BCUT2D eigenvalue weighted by atomic mass is 9.71. The van der Waals surface area contributed by atoms with E-state index in [1.54, 1.807) is 41.5 Å². The van der Waals surface area contributed by atoms with Gasteiger partial charge in [-0.05, 0) is 52.6 Å². The predicted molar refractivity (Wildman–Crippen MR) is 143 cm³/mol. The molecule has 226 valence electrons. The summed E-state index contributed by atoms with van der Waals surface area (Å²) >= 11 is 0. The Morgan fingerprint density at radius 2 is 1.02 bits per heavy atom. The second-order valence-electron chi connectivity index (χ2n) is 12.8. The first kappa shape index (κ1) is 34.1. The number of benzene rings is 2. The maximum Gasteiger partial charge on any atom is 0.130 e. The summed E-state index contributed by atoms with van der Waals surface area (Å²) in [5, 5.41) is 64.8. The van der Waals surface area contributed by atoms with Gasteiger partial charge in [-0.1, -0.05) is 48.5 Å². The molecule has 0 bridgehead atoms. The smallest absolute Gasteiger partial charge is 0.130 e. The molecule has 0 heterocycles.